The maximum Gasteiger partial charge on any atom is 0.430 e. The maximum absolute atomic E-state index is 13.4. The van der Waals surface area contributed by atoms with Crippen molar-refractivity contribution in [2.75, 3.05) is 5.73 Å². The summed E-state index contributed by atoms with van der Waals surface area (Å²) in [6.45, 7) is 1.59. The van der Waals surface area contributed by atoms with Gasteiger partial charge < -0.3 is 16.6 Å². The van der Waals surface area contributed by atoms with Crippen LogP contribution in [-0.2, 0) is 10.4 Å². The van der Waals surface area contributed by atoms with E-state index in [0.717, 1.165) is 12.1 Å². The van der Waals surface area contributed by atoms with E-state index in [1.54, 1.807) is 13.0 Å². The Kier molecular flexibility index (Phi) is 5.88. The Hall–Kier alpha value is -3.97. The number of anilines is 1. The molecule has 0 bridgehead atoms. The van der Waals surface area contributed by atoms with Crippen LogP contribution >= 0.6 is 0 Å². The molecule has 3 rings (SSSR count). The van der Waals surface area contributed by atoms with E-state index in [0.29, 0.717) is 11.1 Å². The number of nitrogens with zero attached hydrogens (tertiary/aromatic N) is 2. The molecule has 0 spiro atoms. The first kappa shape index (κ1) is 22.7. The zero-order chi connectivity index (χ0) is 23.7. The second-order valence-electron chi connectivity index (χ2n) is 6.85. The van der Waals surface area contributed by atoms with E-state index in [1.165, 1.54) is 30.5 Å². The van der Waals surface area contributed by atoms with Crippen LogP contribution in [0.2, 0.25) is 0 Å². The third kappa shape index (κ3) is 4.24. The van der Waals surface area contributed by atoms with E-state index >= 15 is 0 Å². The van der Waals surface area contributed by atoms with Crippen LogP contribution in [0.15, 0.2) is 48.7 Å². The predicted octanol–water partition coefficient (Wildman–Crippen LogP) is 2.81. The highest BCUT2D eigenvalue weighted by Crippen LogP contribution is 2.40. The van der Waals surface area contributed by atoms with Crippen molar-refractivity contribution >= 4 is 11.7 Å². The summed E-state index contributed by atoms with van der Waals surface area (Å²) in [7, 11) is 0. The number of rotatable bonds is 3. The van der Waals surface area contributed by atoms with Crippen LogP contribution in [-0.4, -0.2) is 27.2 Å². The quantitative estimate of drug-likeness (QED) is 0.425. The number of hydrogen-bond donors (Lipinski definition) is 3. The van der Waals surface area contributed by atoms with Crippen molar-refractivity contribution in [2.24, 2.45) is 5.73 Å². The third-order valence-electron chi connectivity index (χ3n) is 4.65. The lowest BCUT2D eigenvalue weighted by atomic mass is 9.89. The molecule has 1 amide bonds. The van der Waals surface area contributed by atoms with Gasteiger partial charge in [0, 0.05) is 16.7 Å². The Balaban J connectivity index is 2.11. The average molecular weight is 444 g/mol. The number of carbonyl (C=O) groups is 1. The Morgan fingerprint density at radius 2 is 1.84 bits per heavy atom. The molecule has 3 aromatic rings. The highest BCUT2D eigenvalue weighted by atomic mass is 19.4. The van der Waals surface area contributed by atoms with E-state index in [1.807, 2.05) is 0 Å². The summed E-state index contributed by atoms with van der Waals surface area (Å²) < 4.78 is 53.6. The van der Waals surface area contributed by atoms with Crippen molar-refractivity contribution in [2.45, 2.75) is 18.7 Å². The van der Waals surface area contributed by atoms with E-state index in [4.69, 9.17) is 11.5 Å². The minimum Gasteiger partial charge on any atom is -0.381 e. The van der Waals surface area contributed by atoms with Gasteiger partial charge in [-0.3, -0.25) is 4.79 Å². The molecule has 0 saturated carbocycles. The number of halogens is 4. The van der Waals surface area contributed by atoms with Crippen LogP contribution in [0.3, 0.4) is 0 Å². The molecule has 164 valence electrons. The number of primary amides is 1. The van der Waals surface area contributed by atoms with Crippen molar-refractivity contribution in [3.63, 3.8) is 0 Å². The summed E-state index contributed by atoms with van der Waals surface area (Å²) >= 11 is 0. The number of benzene rings is 2. The molecule has 0 fully saturated rings. The standard InChI is InChI=1S/C22H16F4N4O2/c1-12-5-7-14(21(32,20(28)31)22(24,25)26)10-16(12)18-11-29-19(27)17(30-18)8-6-13-3-2-4-15(23)9-13/h2-5,7,9-11,32H,1H3,(H2,27,29)(H2,28,31). The molecule has 2 aromatic carbocycles. The summed E-state index contributed by atoms with van der Waals surface area (Å²) in [5.74, 6) is 2.84. The van der Waals surface area contributed by atoms with Gasteiger partial charge in [-0.2, -0.15) is 13.2 Å². The summed E-state index contributed by atoms with van der Waals surface area (Å²) in [5, 5.41) is 10.1. The zero-order valence-corrected chi connectivity index (χ0v) is 16.5. The summed E-state index contributed by atoms with van der Waals surface area (Å²) in [6, 6.07) is 8.68. The lowest BCUT2D eigenvalue weighted by Crippen LogP contribution is -2.52. The number of hydrogen-bond acceptors (Lipinski definition) is 5. The van der Waals surface area contributed by atoms with Crippen LogP contribution in [0.25, 0.3) is 11.3 Å². The van der Waals surface area contributed by atoms with Gasteiger partial charge in [0.05, 0.1) is 11.9 Å². The molecule has 1 atom stereocenters. The van der Waals surface area contributed by atoms with Crippen molar-refractivity contribution in [1.29, 1.82) is 0 Å². The number of nitrogen functional groups attached to an aromatic ring is 1. The molecular weight excluding hydrogens is 428 g/mol. The van der Waals surface area contributed by atoms with Gasteiger partial charge in [-0.05, 0) is 42.7 Å². The molecule has 0 aliphatic carbocycles. The Morgan fingerprint density at radius 3 is 2.47 bits per heavy atom. The van der Waals surface area contributed by atoms with Crippen molar-refractivity contribution < 1.29 is 27.5 Å². The van der Waals surface area contributed by atoms with Gasteiger partial charge in [0.1, 0.15) is 5.82 Å². The number of aryl methyl sites for hydroxylation is 1. The van der Waals surface area contributed by atoms with Gasteiger partial charge in [0.15, 0.2) is 11.5 Å². The molecule has 0 saturated heterocycles. The summed E-state index contributed by atoms with van der Waals surface area (Å²) in [4.78, 5) is 19.7. The fourth-order valence-electron chi connectivity index (χ4n) is 2.89. The predicted molar refractivity (Wildman–Crippen MR) is 108 cm³/mol. The second-order valence-corrected chi connectivity index (χ2v) is 6.85. The smallest absolute Gasteiger partial charge is 0.381 e. The fourth-order valence-corrected chi connectivity index (χ4v) is 2.89. The van der Waals surface area contributed by atoms with Gasteiger partial charge in [0.2, 0.25) is 0 Å². The summed E-state index contributed by atoms with van der Waals surface area (Å²) in [5.41, 5.74) is 7.08. The van der Waals surface area contributed by atoms with Gasteiger partial charge in [-0.15, -0.1) is 0 Å². The molecule has 32 heavy (non-hydrogen) atoms. The van der Waals surface area contributed by atoms with Crippen LogP contribution in [0, 0.1) is 24.6 Å². The van der Waals surface area contributed by atoms with Crippen molar-refractivity contribution in [1.82, 2.24) is 9.97 Å². The molecule has 1 aromatic heterocycles. The molecule has 1 unspecified atom stereocenters. The molecule has 0 radical (unpaired) electrons. The summed E-state index contributed by atoms with van der Waals surface area (Å²) in [6.07, 6.45) is -4.13. The van der Waals surface area contributed by atoms with Gasteiger partial charge >= 0.3 is 6.18 Å². The van der Waals surface area contributed by atoms with Crippen LogP contribution in [0.4, 0.5) is 23.4 Å². The molecule has 10 heteroatoms. The molecule has 6 nitrogen and oxygen atoms in total. The number of carbonyl (C=O) groups excluding carboxylic acids is 1. The zero-order valence-electron chi connectivity index (χ0n) is 16.5. The third-order valence-corrected chi connectivity index (χ3v) is 4.65. The Bertz CT molecular complexity index is 1260. The molecule has 5 N–H and O–H groups in total. The lowest BCUT2D eigenvalue weighted by molar-refractivity contribution is -0.255. The van der Waals surface area contributed by atoms with E-state index in [-0.39, 0.29) is 22.8 Å². The highest BCUT2D eigenvalue weighted by Gasteiger charge is 2.60. The highest BCUT2D eigenvalue weighted by molar-refractivity contribution is 5.86. The minimum atomic E-state index is -5.35. The van der Waals surface area contributed by atoms with Crippen LogP contribution < -0.4 is 11.5 Å². The minimum absolute atomic E-state index is 0.0116. The molecule has 0 aliphatic heterocycles. The number of amides is 1. The molecule has 0 aliphatic rings. The number of nitrogens with two attached hydrogens (primary N) is 2. The maximum atomic E-state index is 13.4. The molecular formula is C22H16F4N4O2. The van der Waals surface area contributed by atoms with E-state index < -0.39 is 29.1 Å². The van der Waals surface area contributed by atoms with Crippen LogP contribution in [0.1, 0.15) is 22.4 Å². The van der Waals surface area contributed by atoms with E-state index in [2.05, 4.69) is 21.8 Å². The molecule has 1 heterocycles. The van der Waals surface area contributed by atoms with Crippen molar-refractivity contribution in [3.8, 4) is 23.1 Å². The SMILES string of the molecule is Cc1ccc(C(O)(C(N)=O)C(F)(F)F)cc1-c1cnc(N)c(C#Cc2cccc(F)c2)n1. The van der Waals surface area contributed by atoms with Crippen LogP contribution in [0.5, 0.6) is 0 Å². The van der Waals surface area contributed by atoms with Gasteiger partial charge in [0.25, 0.3) is 11.5 Å². The Morgan fingerprint density at radius 1 is 1.12 bits per heavy atom. The van der Waals surface area contributed by atoms with Gasteiger partial charge in [-0.25, -0.2) is 14.4 Å². The monoisotopic (exact) mass is 444 g/mol. The largest absolute Gasteiger partial charge is 0.430 e. The first-order valence-electron chi connectivity index (χ1n) is 9.04. The van der Waals surface area contributed by atoms with Gasteiger partial charge in [-0.1, -0.05) is 24.1 Å². The number of aliphatic hydroxyl groups is 1. The first-order valence-corrected chi connectivity index (χ1v) is 9.04. The normalized spacial score (nSPS) is 13.1. The average Bonchev–Trinajstić information content (AvgIpc) is 2.72. The Labute approximate surface area is 179 Å². The fraction of sp³-hybridized carbons (Fsp3) is 0.136. The number of alkyl halides is 3. The first-order chi connectivity index (χ1) is 14.9. The number of aromatic nitrogens is 2. The lowest BCUT2D eigenvalue weighted by Gasteiger charge is -2.28. The topological polar surface area (TPSA) is 115 Å². The van der Waals surface area contributed by atoms with Crippen molar-refractivity contribution in [3.05, 3.63) is 76.9 Å². The van der Waals surface area contributed by atoms with E-state index in [9.17, 15) is 27.5 Å². The second kappa shape index (κ2) is 8.28.